The van der Waals surface area contributed by atoms with Crippen molar-refractivity contribution in [3.63, 3.8) is 0 Å². The molecular weight excluding hydrogens is 1510 g/mol. The van der Waals surface area contributed by atoms with E-state index in [4.69, 9.17) is 28.7 Å². The molecule has 642 valence electrons. The topological polar surface area (TPSA) is 650 Å². The number of carbonyl (C=O) groups excluding carboxylic acids is 15. The number of nitrogens with two attached hydrogens (primary N) is 5. The van der Waals surface area contributed by atoms with Crippen LogP contribution in [0.3, 0.4) is 0 Å². The third kappa shape index (κ3) is 34.5. The number of para-hydroxylation sites is 1. The number of rotatable bonds is 38. The number of benzene rings is 2. The molecule has 39 nitrogen and oxygen atoms in total. The van der Waals surface area contributed by atoms with Crippen LogP contribution in [0.15, 0.2) is 77.7 Å². The Hall–Kier alpha value is -11.2. The number of guanidine groups is 1. The summed E-state index contributed by atoms with van der Waals surface area (Å²) in [5.74, 6) is -10.8. The number of aromatic amines is 1. The summed E-state index contributed by atoms with van der Waals surface area (Å²) in [5, 5.41) is 62.8. The molecule has 14 amide bonds. The standard InChI is InChI=1S/C43H60N12O8.C34H61N9O10/c1-47-32-16-17-36(57)48-18-8-7-14-30(37(44)58)51-40(61)34(21-26-23-50-29-13-6-5-12-28(26)29)53-38(59)31(15-9-19-49-43(45)46)52-39(60)33(20-25-10-3-2-4-11-25)54-41(62)35-22-27(56)24-55(35)42(32)63;1-5-7-9-10-11-13-28(48)38-18-29(49)39-26(19-44)33(52)41-24(14-15-27(37)47)31(50)42-25(16-22(36)17-35)32(51)43-30(21(4)46)34(53)40-23(20(3)45)12-8-6-2/h2-6,10-13,23,27,30-35,47,50,56H,7-9,14-22,24H2,1H3,(H2,44,58)(H,48,57)(H,51,61)(H,52,60)(H,53,59)(H,54,62)(H4,45,46,49);17,21,23-26,30,44,46H,5-16,18-19,35-36H2,1-4H3,(H2,37,47)(H,38,48)(H,39,49)(H,40,53)(H,41,52)(H,42,50)(H,43,51)/p+1/b;22-17-/t27-,30+,31+,32+,33-,34+,35+;21?,23-,24+,25-,26-,30-/m10/s1. The van der Waals surface area contributed by atoms with E-state index in [1.165, 1.54) is 24.9 Å². The number of Topliss-reactive ketones (excluding diaryl/α,β-unsaturated/α-hetero) is 1. The quantitative estimate of drug-likeness (QED) is 0.0145. The fourth-order valence-electron chi connectivity index (χ4n) is 12.8. The van der Waals surface area contributed by atoms with Crippen molar-refractivity contribution < 1.29 is 93.0 Å². The lowest BCUT2D eigenvalue weighted by Crippen LogP contribution is -2.61. The number of primary amides is 2. The fourth-order valence-corrected chi connectivity index (χ4v) is 12.8. The maximum absolute atomic E-state index is 14.4. The van der Waals surface area contributed by atoms with Gasteiger partial charge in [-0.15, -0.1) is 0 Å². The largest absolute Gasteiger partial charge is 0.398 e. The van der Waals surface area contributed by atoms with E-state index >= 15 is 0 Å². The van der Waals surface area contributed by atoms with Gasteiger partial charge in [-0.25, -0.2) is 0 Å². The monoisotopic (exact) mass is 1630 g/mol. The number of nitrogens with zero attached hydrogens (tertiary/aromatic N) is 2. The summed E-state index contributed by atoms with van der Waals surface area (Å²) in [6.07, 6.45) is 7.10. The van der Waals surface area contributed by atoms with Gasteiger partial charge < -0.3 is 123 Å². The second-order valence-electron chi connectivity index (χ2n) is 28.9. The van der Waals surface area contributed by atoms with Crippen molar-refractivity contribution >= 4 is 105 Å². The average Bonchev–Trinajstić information content (AvgIpc) is 1.75. The Morgan fingerprint density at radius 2 is 1.29 bits per heavy atom. The minimum atomic E-state index is -1.57. The van der Waals surface area contributed by atoms with Crippen molar-refractivity contribution in [1.29, 1.82) is 0 Å². The predicted octanol–water partition coefficient (Wildman–Crippen LogP) is -5.20. The summed E-state index contributed by atoms with van der Waals surface area (Å²) in [5.41, 5.74) is 33.7. The lowest BCUT2D eigenvalue weighted by molar-refractivity contribution is -0.276. The number of quaternary nitrogens is 1. The highest BCUT2D eigenvalue weighted by molar-refractivity contribution is 6.00. The molecule has 1 aromatic heterocycles. The van der Waals surface area contributed by atoms with Crippen molar-refractivity contribution in [2.75, 3.05) is 39.8 Å². The zero-order valence-electron chi connectivity index (χ0n) is 66.9. The first kappa shape index (κ1) is 97.2. The Labute approximate surface area is 674 Å². The number of ketones is 1. The minimum Gasteiger partial charge on any atom is -0.398 e. The number of hydrogen-bond donors (Lipinski definition) is 22. The number of fused-ring (bicyclic) bond motifs is 2. The molecule has 0 aliphatic carbocycles. The molecule has 3 aromatic rings. The molecule has 39 heteroatoms. The van der Waals surface area contributed by atoms with Gasteiger partial charge in [-0.05, 0) is 95.9 Å². The van der Waals surface area contributed by atoms with Gasteiger partial charge in [0.25, 0.3) is 0 Å². The van der Waals surface area contributed by atoms with Gasteiger partial charge in [0, 0.05) is 81.7 Å². The van der Waals surface area contributed by atoms with Crippen LogP contribution in [-0.2, 0) is 84.8 Å². The first-order chi connectivity index (χ1) is 55.2. The molecule has 2 aliphatic rings. The van der Waals surface area contributed by atoms with E-state index in [1.54, 1.807) is 43.6 Å². The number of nitrogens with one attached hydrogen (secondary N) is 13. The molecule has 116 heavy (non-hydrogen) atoms. The van der Waals surface area contributed by atoms with Crippen LogP contribution in [-0.4, -0.2) is 238 Å². The van der Waals surface area contributed by atoms with Crippen molar-refractivity contribution in [1.82, 2.24) is 73.7 Å². The van der Waals surface area contributed by atoms with Gasteiger partial charge in [0.1, 0.15) is 60.6 Å². The van der Waals surface area contributed by atoms with Crippen molar-refractivity contribution in [3.05, 3.63) is 83.8 Å². The highest BCUT2D eigenvalue weighted by Gasteiger charge is 2.43. The lowest BCUT2D eigenvalue weighted by Gasteiger charge is -2.30. The van der Waals surface area contributed by atoms with E-state index in [9.17, 15) is 87.2 Å². The van der Waals surface area contributed by atoms with Gasteiger partial charge in [0.2, 0.25) is 82.7 Å². The number of amides is 14. The molecule has 0 bridgehead atoms. The second-order valence-corrected chi connectivity index (χ2v) is 28.9. The van der Waals surface area contributed by atoms with Crippen LogP contribution in [0.5, 0.6) is 0 Å². The zero-order chi connectivity index (χ0) is 86.0. The molecular formula is C77H122N21O18+. The van der Waals surface area contributed by atoms with Gasteiger partial charge in [-0.3, -0.25) is 76.9 Å². The third-order valence-electron chi connectivity index (χ3n) is 19.5. The number of unbranched alkanes of at least 4 members (excludes halogenated alkanes) is 5. The summed E-state index contributed by atoms with van der Waals surface area (Å²) >= 11 is 0. The maximum Gasteiger partial charge on any atom is 0.245 e. The van der Waals surface area contributed by atoms with Crippen LogP contribution in [0.2, 0.25) is 0 Å². The molecule has 5 rings (SSSR count). The first-order valence-corrected chi connectivity index (χ1v) is 39.4. The van der Waals surface area contributed by atoms with Crippen molar-refractivity contribution in [3.8, 4) is 0 Å². The number of hydrogen-bond acceptors (Lipinski definition) is 21. The van der Waals surface area contributed by atoms with E-state index in [0.29, 0.717) is 43.2 Å². The number of aromatic nitrogens is 1. The summed E-state index contributed by atoms with van der Waals surface area (Å²) < 4.78 is 0. The maximum atomic E-state index is 14.4. The smallest absolute Gasteiger partial charge is 0.245 e. The molecule has 3 heterocycles. The molecule has 0 saturated carbocycles. The van der Waals surface area contributed by atoms with Crippen molar-refractivity contribution in [2.24, 2.45) is 33.7 Å². The zero-order valence-corrected chi connectivity index (χ0v) is 66.9. The normalized spacial score (nSPS) is 20.3. The molecule has 29 N–H and O–H groups in total. The van der Waals surface area contributed by atoms with Gasteiger partial charge in [-0.2, -0.15) is 0 Å². The van der Waals surface area contributed by atoms with Crippen LogP contribution >= 0.6 is 0 Å². The van der Waals surface area contributed by atoms with Crippen molar-refractivity contribution in [2.45, 2.75) is 248 Å². The molecule has 1 unspecified atom stereocenters. The Morgan fingerprint density at radius 3 is 1.94 bits per heavy atom. The summed E-state index contributed by atoms with van der Waals surface area (Å²) in [4.78, 5) is 206. The molecule has 0 spiro atoms. The van der Waals surface area contributed by atoms with Crippen LogP contribution < -0.4 is 98.2 Å². The Bertz CT molecular complexity index is 3840. The predicted molar refractivity (Wildman–Crippen MR) is 427 cm³/mol. The average molecular weight is 1630 g/mol. The molecule has 2 aliphatic heterocycles. The number of carbonyl (C=O) groups is 15. The summed E-state index contributed by atoms with van der Waals surface area (Å²) in [7, 11) is 1.55. The Balaban J connectivity index is 0.000000497. The van der Waals surface area contributed by atoms with Crippen LogP contribution in [0, 0.1) is 0 Å². The highest BCUT2D eigenvalue weighted by atomic mass is 16.3. The molecule has 2 saturated heterocycles. The number of aliphatic hydroxyl groups is 3. The first-order valence-electron chi connectivity index (χ1n) is 39.4. The SMILES string of the molecule is CCCCCCCC(=O)NCC(=O)N[C@@H](CO)C(=O)N[C@H](CCC(N)=O)C(=O)N[C@@H](C/C(N)=C/[NH3+])C(=O)N[C@H](C(=O)N[C@@H](CCCC)C(C)=O)C(C)O.CN[C@H]1CCC(=O)NCCCC[C@@H](C(N)=O)NC(=O)[C@H](Cc2c[nH]c3ccccc23)NC(=O)[C@H](CCCN=C(N)N)NC(=O)[C@@H](Cc2ccccc2)NC(=O)[C@@H]2C[C@@H](O)CN2C1=O. The van der Waals surface area contributed by atoms with E-state index in [0.717, 1.165) is 43.0 Å². The molecule has 2 fully saturated rings. The second kappa shape index (κ2) is 51.6. The van der Waals surface area contributed by atoms with E-state index in [-0.39, 0.29) is 120 Å². The van der Waals surface area contributed by atoms with Gasteiger partial charge in [0.15, 0.2) is 11.7 Å². The molecule has 0 radical (unpaired) electrons. The number of aliphatic imine (C=N–C) groups is 1. The molecule has 2 aromatic carbocycles. The third-order valence-corrected chi connectivity index (χ3v) is 19.5. The van der Waals surface area contributed by atoms with Crippen LogP contribution in [0.4, 0.5) is 0 Å². The fraction of sp³-hybridized carbons (Fsp3) is 0.584. The summed E-state index contributed by atoms with van der Waals surface area (Å²) in [6.45, 7) is 5.37. The Morgan fingerprint density at radius 1 is 0.672 bits per heavy atom. The number of likely N-dealkylation sites (N-methyl/N-ethyl adjacent to an activating group) is 1. The van der Waals surface area contributed by atoms with Gasteiger partial charge >= 0.3 is 0 Å². The number of H-pyrrole nitrogens is 1. The summed E-state index contributed by atoms with van der Waals surface area (Å²) in [6, 6.07) is 2.29. The van der Waals surface area contributed by atoms with E-state index < -0.39 is 169 Å². The van der Waals surface area contributed by atoms with E-state index in [1.807, 2.05) is 31.2 Å². The van der Waals surface area contributed by atoms with Gasteiger partial charge in [0.05, 0.1) is 43.1 Å². The van der Waals surface area contributed by atoms with E-state index in [2.05, 4.69) is 86.4 Å². The minimum absolute atomic E-state index is 0.00470. The lowest BCUT2D eigenvalue weighted by atomic mass is 10.0. The van der Waals surface area contributed by atoms with Crippen LogP contribution in [0.1, 0.15) is 167 Å². The molecule has 13 atom stereocenters. The van der Waals surface area contributed by atoms with Crippen LogP contribution in [0.25, 0.3) is 10.9 Å². The number of aliphatic hydroxyl groups excluding tert-OH is 3. The highest BCUT2D eigenvalue weighted by Crippen LogP contribution is 2.23. The Kier molecular flexibility index (Phi) is 43.3. The van der Waals surface area contributed by atoms with Gasteiger partial charge in [-0.1, -0.05) is 101 Å².